The fraction of sp³-hybridized carbons (Fsp3) is 1.00. The molecular weight excluding hydrogens is 212 g/mol. The lowest BCUT2D eigenvalue weighted by molar-refractivity contribution is 0.113. The molecule has 1 aliphatic rings. The Labute approximate surface area is 107 Å². The molecule has 0 aromatic heterocycles. The maximum Gasteiger partial charge on any atom is 0.0616 e. The minimum absolute atomic E-state index is 0.483. The third-order valence-corrected chi connectivity index (χ3v) is 3.30. The molecule has 1 atom stereocenters. The van der Waals surface area contributed by atoms with Crippen LogP contribution in [0.4, 0.5) is 0 Å². The van der Waals surface area contributed by atoms with Gasteiger partial charge in [0.1, 0.15) is 0 Å². The van der Waals surface area contributed by atoms with Crippen molar-refractivity contribution in [1.82, 2.24) is 10.2 Å². The van der Waals surface area contributed by atoms with Crippen molar-refractivity contribution < 1.29 is 4.74 Å². The van der Waals surface area contributed by atoms with E-state index in [0.717, 1.165) is 19.1 Å². The van der Waals surface area contributed by atoms with E-state index in [1.54, 1.807) is 0 Å². The van der Waals surface area contributed by atoms with Crippen LogP contribution in [-0.2, 0) is 4.74 Å². The second-order valence-corrected chi connectivity index (χ2v) is 5.70. The summed E-state index contributed by atoms with van der Waals surface area (Å²) in [4.78, 5) is 2.59. The Balaban J connectivity index is 2.14. The van der Waals surface area contributed by atoms with Crippen molar-refractivity contribution in [3.8, 4) is 0 Å². The molecule has 3 nitrogen and oxygen atoms in total. The second kappa shape index (κ2) is 8.06. The topological polar surface area (TPSA) is 24.5 Å². The van der Waals surface area contributed by atoms with Gasteiger partial charge in [-0.2, -0.15) is 0 Å². The number of hydrogen-bond acceptors (Lipinski definition) is 3. The van der Waals surface area contributed by atoms with Crippen LogP contribution in [0.3, 0.4) is 0 Å². The fourth-order valence-corrected chi connectivity index (χ4v) is 2.54. The van der Waals surface area contributed by atoms with Crippen LogP contribution in [-0.4, -0.2) is 49.8 Å². The fourth-order valence-electron chi connectivity index (χ4n) is 2.54. The van der Waals surface area contributed by atoms with E-state index in [2.05, 4.69) is 37.9 Å². The van der Waals surface area contributed by atoms with Gasteiger partial charge in [-0.25, -0.2) is 0 Å². The van der Waals surface area contributed by atoms with E-state index in [9.17, 15) is 0 Å². The lowest BCUT2D eigenvalue weighted by atomic mass is 10.0. The van der Waals surface area contributed by atoms with Crippen LogP contribution in [0, 0.1) is 5.92 Å². The molecule has 0 bridgehead atoms. The zero-order valence-electron chi connectivity index (χ0n) is 12.0. The van der Waals surface area contributed by atoms with E-state index in [-0.39, 0.29) is 0 Å². The molecule has 1 rings (SSSR count). The molecular formula is C14H30N2O. The first-order valence-corrected chi connectivity index (χ1v) is 7.18. The highest BCUT2D eigenvalue weighted by Gasteiger charge is 2.20. The second-order valence-electron chi connectivity index (χ2n) is 5.70. The standard InChI is InChI=1S/C14H30N2O/c1-5-17-11-13(4)15-14-6-8-16(9-7-14)10-12(2)3/h12-15H,5-11H2,1-4H3/t13-/m1/s1. The third kappa shape index (κ3) is 6.39. The Bertz CT molecular complexity index is 189. The van der Waals surface area contributed by atoms with Crippen LogP contribution in [0.5, 0.6) is 0 Å². The highest BCUT2D eigenvalue weighted by Crippen LogP contribution is 2.12. The van der Waals surface area contributed by atoms with Gasteiger partial charge in [0.25, 0.3) is 0 Å². The van der Waals surface area contributed by atoms with Gasteiger partial charge in [-0.15, -0.1) is 0 Å². The van der Waals surface area contributed by atoms with Gasteiger partial charge in [0.05, 0.1) is 6.61 Å². The van der Waals surface area contributed by atoms with Crippen molar-refractivity contribution in [2.75, 3.05) is 32.8 Å². The van der Waals surface area contributed by atoms with Crippen LogP contribution in [0.1, 0.15) is 40.5 Å². The molecule has 3 heteroatoms. The van der Waals surface area contributed by atoms with Gasteiger partial charge in [0, 0.05) is 25.2 Å². The number of ether oxygens (including phenoxy) is 1. The molecule has 0 saturated carbocycles. The Morgan fingerprint density at radius 3 is 2.41 bits per heavy atom. The normalized spacial score (nSPS) is 21.0. The first-order chi connectivity index (χ1) is 8.11. The molecule has 102 valence electrons. The summed E-state index contributed by atoms with van der Waals surface area (Å²) in [5.74, 6) is 0.788. The van der Waals surface area contributed by atoms with Gasteiger partial charge in [-0.05, 0) is 45.7 Å². The largest absolute Gasteiger partial charge is 0.380 e. The van der Waals surface area contributed by atoms with Gasteiger partial charge < -0.3 is 15.0 Å². The summed E-state index contributed by atoms with van der Waals surface area (Å²) in [5, 5.41) is 3.68. The minimum atomic E-state index is 0.483. The van der Waals surface area contributed by atoms with Crippen molar-refractivity contribution in [3.05, 3.63) is 0 Å². The van der Waals surface area contributed by atoms with Crippen molar-refractivity contribution >= 4 is 0 Å². The average molecular weight is 242 g/mol. The van der Waals surface area contributed by atoms with E-state index in [1.165, 1.54) is 32.5 Å². The molecule has 17 heavy (non-hydrogen) atoms. The van der Waals surface area contributed by atoms with Gasteiger partial charge in [-0.3, -0.25) is 0 Å². The molecule has 1 saturated heterocycles. The highest BCUT2D eigenvalue weighted by atomic mass is 16.5. The van der Waals surface area contributed by atoms with Crippen molar-refractivity contribution in [3.63, 3.8) is 0 Å². The third-order valence-electron chi connectivity index (χ3n) is 3.30. The number of hydrogen-bond donors (Lipinski definition) is 1. The summed E-state index contributed by atoms with van der Waals surface area (Å²) in [7, 11) is 0. The Morgan fingerprint density at radius 2 is 1.88 bits per heavy atom. The van der Waals surface area contributed by atoms with Gasteiger partial charge >= 0.3 is 0 Å². The summed E-state index contributed by atoms with van der Waals surface area (Å²) in [6.07, 6.45) is 2.56. The maximum absolute atomic E-state index is 5.44. The quantitative estimate of drug-likeness (QED) is 0.740. The predicted molar refractivity (Wildman–Crippen MR) is 73.4 cm³/mol. The van der Waals surface area contributed by atoms with Crippen molar-refractivity contribution in [1.29, 1.82) is 0 Å². The summed E-state index contributed by atoms with van der Waals surface area (Å²) in [5.41, 5.74) is 0. The molecule has 1 heterocycles. The first-order valence-electron chi connectivity index (χ1n) is 7.18. The SMILES string of the molecule is CCOC[C@@H](C)NC1CCN(CC(C)C)CC1. The summed E-state index contributed by atoms with van der Waals surface area (Å²) in [6.45, 7) is 14.3. The molecule has 0 unspecified atom stereocenters. The number of piperidine rings is 1. The summed E-state index contributed by atoms with van der Waals surface area (Å²) < 4.78 is 5.44. The smallest absolute Gasteiger partial charge is 0.0616 e. The van der Waals surface area contributed by atoms with Crippen LogP contribution in [0.15, 0.2) is 0 Å². The summed E-state index contributed by atoms with van der Waals surface area (Å²) in [6, 6.07) is 1.17. The number of nitrogens with zero attached hydrogens (tertiary/aromatic N) is 1. The average Bonchev–Trinajstić information content (AvgIpc) is 2.28. The van der Waals surface area contributed by atoms with E-state index in [4.69, 9.17) is 4.74 Å². The van der Waals surface area contributed by atoms with E-state index < -0.39 is 0 Å². The number of likely N-dealkylation sites (tertiary alicyclic amines) is 1. The predicted octanol–water partition coefficient (Wildman–Crippen LogP) is 2.12. The van der Waals surface area contributed by atoms with E-state index in [0.29, 0.717) is 12.1 Å². The molecule has 0 amide bonds. The molecule has 0 aliphatic carbocycles. The van der Waals surface area contributed by atoms with Crippen LogP contribution >= 0.6 is 0 Å². The van der Waals surface area contributed by atoms with Gasteiger partial charge in [-0.1, -0.05) is 13.8 Å². The Kier molecular flexibility index (Phi) is 7.09. The zero-order chi connectivity index (χ0) is 12.7. The zero-order valence-corrected chi connectivity index (χ0v) is 12.0. The van der Waals surface area contributed by atoms with Crippen molar-refractivity contribution in [2.45, 2.75) is 52.6 Å². The van der Waals surface area contributed by atoms with Crippen molar-refractivity contribution in [2.24, 2.45) is 5.92 Å². The molecule has 1 aliphatic heterocycles. The molecule has 1 N–H and O–H groups in total. The first kappa shape index (κ1) is 14.9. The van der Waals surface area contributed by atoms with Crippen LogP contribution < -0.4 is 5.32 Å². The Morgan fingerprint density at radius 1 is 1.24 bits per heavy atom. The maximum atomic E-state index is 5.44. The van der Waals surface area contributed by atoms with E-state index in [1.807, 2.05) is 0 Å². The molecule has 0 spiro atoms. The van der Waals surface area contributed by atoms with Crippen LogP contribution in [0.2, 0.25) is 0 Å². The number of nitrogens with one attached hydrogen (secondary N) is 1. The number of rotatable bonds is 7. The molecule has 0 aromatic rings. The molecule has 0 aromatic carbocycles. The van der Waals surface area contributed by atoms with Gasteiger partial charge in [0.2, 0.25) is 0 Å². The highest BCUT2D eigenvalue weighted by molar-refractivity contribution is 4.79. The Hall–Kier alpha value is -0.120. The minimum Gasteiger partial charge on any atom is -0.380 e. The van der Waals surface area contributed by atoms with E-state index >= 15 is 0 Å². The lowest BCUT2D eigenvalue weighted by Crippen LogP contribution is -2.47. The van der Waals surface area contributed by atoms with Crippen LogP contribution in [0.25, 0.3) is 0 Å². The molecule has 0 radical (unpaired) electrons. The van der Waals surface area contributed by atoms with Gasteiger partial charge in [0.15, 0.2) is 0 Å². The summed E-state index contributed by atoms with van der Waals surface area (Å²) >= 11 is 0. The molecule has 1 fully saturated rings. The lowest BCUT2D eigenvalue weighted by Gasteiger charge is -2.34. The monoisotopic (exact) mass is 242 g/mol.